The summed E-state index contributed by atoms with van der Waals surface area (Å²) in [5.74, 6) is 1.17. The van der Waals surface area contributed by atoms with E-state index >= 15 is 0 Å². The van der Waals surface area contributed by atoms with E-state index < -0.39 is 0 Å². The summed E-state index contributed by atoms with van der Waals surface area (Å²) in [4.78, 5) is 0. The molecule has 0 bridgehead atoms. The molecule has 1 heterocycles. The van der Waals surface area contributed by atoms with E-state index in [1.165, 1.54) is 0 Å². The Kier molecular flexibility index (Phi) is 4.45. The van der Waals surface area contributed by atoms with Crippen LogP contribution in [0.5, 0.6) is 5.75 Å². The summed E-state index contributed by atoms with van der Waals surface area (Å²) in [7, 11) is 0. The molecule has 0 spiro atoms. The summed E-state index contributed by atoms with van der Waals surface area (Å²) >= 11 is 0. The smallest absolute Gasteiger partial charge is 0.138 e. The van der Waals surface area contributed by atoms with E-state index in [0.29, 0.717) is 5.75 Å². The monoisotopic (exact) mass is 274 g/mol. The van der Waals surface area contributed by atoms with Crippen LogP contribution in [0.25, 0.3) is 0 Å². The first-order valence-electron chi connectivity index (χ1n) is 7.01. The number of hydrogen-bond acceptors (Lipinski definition) is 4. The quantitative estimate of drug-likeness (QED) is 0.870. The van der Waals surface area contributed by atoms with Gasteiger partial charge in [0.2, 0.25) is 0 Å². The second-order valence-electron chi connectivity index (χ2n) is 5.15. The molecule has 0 amide bonds. The minimum Gasteiger partial charge on any atom is -0.508 e. The highest BCUT2D eigenvalue weighted by Crippen LogP contribution is 2.30. The fourth-order valence-corrected chi connectivity index (χ4v) is 2.70. The molecule has 4 heteroatoms. The fourth-order valence-electron chi connectivity index (χ4n) is 2.70. The number of aryl methyl sites for hydroxylation is 2. The van der Waals surface area contributed by atoms with E-state index in [0.717, 1.165) is 29.0 Å². The van der Waals surface area contributed by atoms with Crippen molar-refractivity contribution in [2.75, 3.05) is 0 Å². The number of nitrogens with zero attached hydrogens (tertiary/aromatic N) is 1. The minimum absolute atomic E-state index is 0.0971. The van der Waals surface area contributed by atoms with Crippen LogP contribution in [0.2, 0.25) is 0 Å². The molecule has 0 saturated heterocycles. The summed E-state index contributed by atoms with van der Waals surface area (Å²) in [6.45, 7) is 8.07. The first-order valence-corrected chi connectivity index (χ1v) is 7.01. The lowest BCUT2D eigenvalue weighted by atomic mass is 10.00. The lowest BCUT2D eigenvalue weighted by Gasteiger charge is -2.23. The predicted molar refractivity (Wildman–Crippen MR) is 78.7 cm³/mol. The average Bonchev–Trinajstić information content (AvgIpc) is 2.76. The van der Waals surface area contributed by atoms with Gasteiger partial charge in [-0.05, 0) is 33.3 Å². The van der Waals surface area contributed by atoms with Crippen LogP contribution in [-0.4, -0.2) is 10.3 Å². The van der Waals surface area contributed by atoms with Gasteiger partial charge in [0.25, 0.3) is 0 Å². The second kappa shape index (κ2) is 6.09. The highest BCUT2D eigenvalue weighted by Gasteiger charge is 2.21. The molecule has 2 atom stereocenters. The Bertz CT molecular complexity index is 558. The van der Waals surface area contributed by atoms with Gasteiger partial charge in [0.05, 0.1) is 5.69 Å². The maximum Gasteiger partial charge on any atom is 0.138 e. The van der Waals surface area contributed by atoms with E-state index in [2.05, 4.69) is 24.3 Å². The zero-order valence-corrected chi connectivity index (χ0v) is 12.5. The molecule has 0 aliphatic carbocycles. The number of rotatable bonds is 5. The summed E-state index contributed by atoms with van der Waals surface area (Å²) in [6, 6.07) is 7.67. The molecule has 2 N–H and O–H groups in total. The van der Waals surface area contributed by atoms with Crippen LogP contribution in [0.3, 0.4) is 0 Å². The van der Waals surface area contributed by atoms with E-state index in [9.17, 15) is 5.11 Å². The molecule has 1 aromatic carbocycles. The number of nitrogens with one attached hydrogen (secondary N) is 1. The van der Waals surface area contributed by atoms with Crippen molar-refractivity contribution in [3.63, 3.8) is 0 Å². The lowest BCUT2D eigenvalue weighted by molar-refractivity contribution is 0.387. The van der Waals surface area contributed by atoms with Crippen LogP contribution in [0.15, 0.2) is 28.8 Å². The zero-order chi connectivity index (χ0) is 14.7. The van der Waals surface area contributed by atoms with Crippen LogP contribution in [-0.2, 0) is 0 Å². The van der Waals surface area contributed by atoms with Gasteiger partial charge in [0, 0.05) is 23.2 Å². The standard InChI is InChI=1S/C16H22N2O2/c1-5-14(13-8-6-7-9-15(13)19)17-10(2)16-11(3)18-20-12(16)4/h6-10,14,17,19H,5H2,1-4H3. The van der Waals surface area contributed by atoms with Crippen molar-refractivity contribution in [3.05, 3.63) is 46.8 Å². The van der Waals surface area contributed by atoms with Gasteiger partial charge in [-0.2, -0.15) is 0 Å². The number of para-hydroxylation sites is 1. The predicted octanol–water partition coefficient (Wildman–Crippen LogP) is 3.80. The molecule has 1 aromatic heterocycles. The molecular weight excluding hydrogens is 252 g/mol. The normalized spacial score (nSPS) is 14.2. The van der Waals surface area contributed by atoms with E-state index in [4.69, 9.17) is 4.52 Å². The fraction of sp³-hybridized carbons (Fsp3) is 0.438. The van der Waals surface area contributed by atoms with Crippen molar-refractivity contribution < 1.29 is 9.63 Å². The molecule has 2 rings (SSSR count). The lowest BCUT2D eigenvalue weighted by Crippen LogP contribution is -2.25. The van der Waals surface area contributed by atoms with Crippen molar-refractivity contribution in [3.8, 4) is 5.75 Å². The Morgan fingerprint density at radius 2 is 2.00 bits per heavy atom. The van der Waals surface area contributed by atoms with Crippen molar-refractivity contribution in [1.82, 2.24) is 10.5 Å². The summed E-state index contributed by atoms with van der Waals surface area (Å²) in [6.07, 6.45) is 0.894. The molecule has 4 nitrogen and oxygen atoms in total. The largest absolute Gasteiger partial charge is 0.508 e. The molecule has 0 radical (unpaired) electrons. The molecule has 2 aromatic rings. The third kappa shape index (κ3) is 2.85. The zero-order valence-electron chi connectivity index (χ0n) is 12.5. The van der Waals surface area contributed by atoms with Crippen LogP contribution in [0.4, 0.5) is 0 Å². The number of phenols is 1. The third-order valence-corrected chi connectivity index (χ3v) is 3.69. The van der Waals surface area contributed by atoms with Gasteiger partial charge in [0.15, 0.2) is 0 Å². The highest BCUT2D eigenvalue weighted by molar-refractivity contribution is 5.35. The average molecular weight is 274 g/mol. The second-order valence-corrected chi connectivity index (χ2v) is 5.15. The maximum absolute atomic E-state index is 9.99. The molecule has 0 saturated carbocycles. The topological polar surface area (TPSA) is 58.3 Å². The van der Waals surface area contributed by atoms with Gasteiger partial charge in [0.1, 0.15) is 11.5 Å². The molecular formula is C16H22N2O2. The molecule has 0 aliphatic heterocycles. The molecule has 0 aliphatic rings. The van der Waals surface area contributed by atoms with E-state index in [1.807, 2.05) is 32.0 Å². The Balaban J connectivity index is 2.21. The van der Waals surface area contributed by atoms with Crippen molar-refractivity contribution in [2.24, 2.45) is 0 Å². The van der Waals surface area contributed by atoms with E-state index in [1.54, 1.807) is 6.07 Å². The first-order chi connectivity index (χ1) is 9.54. The Morgan fingerprint density at radius 3 is 2.55 bits per heavy atom. The maximum atomic E-state index is 9.99. The first kappa shape index (κ1) is 14.6. The van der Waals surface area contributed by atoms with Gasteiger partial charge in [-0.1, -0.05) is 30.3 Å². The van der Waals surface area contributed by atoms with Crippen LogP contribution < -0.4 is 5.32 Å². The Labute approximate surface area is 119 Å². The Hall–Kier alpha value is -1.81. The van der Waals surface area contributed by atoms with Gasteiger partial charge in [-0.3, -0.25) is 0 Å². The highest BCUT2D eigenvalue weighted by atomic mass is 16.5. The summed E-state index contributed by atoms with van der Waals surface area (Å²) < 4.78 is 5.22. The van der Waals surface area contributed by atoms with Crippen LogP contribution in [0.1, 0.15) is 54.9 Å². The number of aromatic nitrogens is 1. The Morgan fingerprint density at radius 1 is 1.30 bits per heavy atom. The van der Waals surface area contributed by atoms with Crippen molar-refractivity contribution in [2.45, 2.75) is 46.2 Å². The third-order valence-electron chi connectivity index (χ3n) is 3.69. The van der Waals surface area contributed by atoms with Crippen molar-refractivity contribution in [1.29, 1.82) is 0 Å². The summed E-state index contributed by atoms with van der Waals surface area (Å²) in [5.41, 5.74) is 2.93. The van der Waals surface area contributed by atoms with Crippen LogP contribution >= 0.6 is 0 Å². The number of benzene rings is 1. The van der Waals surface area contributed by atoms with E-state index in [-0.39, 0.29) is 12.1 Å². The van der Waals surface area contributed by atoms with Gasteiger partial charge >= 0.3 is 0 Å². The van der Waals surface area contributed by atoms with Crippen LogP contribution in [0, 0.1) is 13.8 Å². The number of aromatic hydroxyl groups is 1. The number of hydrogen-bond donors (Lipinski definition) is 2. The minimum atomic E-state index is 0.0971. The van der Waals surface area contributed by atoms with Crippen molar-refractivity contribution >= 4 is 0 Å². The van der Waals surface area contributed by atoms with Gasteiger partial charge in [-0.25, -0.2) is 0 Å². The van der Waals surface area contributed by atoms with Gasteiger partial charge in [-0.15, -0.1) is 0 Å². The SMILES string of the molecule is CCC(NC(C)c1c(C)noc1C)c1ccccc1O. The molecule has 0 fully saturated rings. The number of phenolic OH excluding ortho intramolecular Hbond substituents is 1. The summed E-state index contributed by atoms with van der Waals surface area (Å²) in [5, 5.41) is 17.5. The van der Waals surface area contributed by atoms with Gasteiger partial charge < -0.3 is 14.9 Å². The molecule has 2 unspecified atom stereocenters. The molecule has 108 valence electrons. The molecule has 20 heavy (non-hydrogen) atoms.